The van der Waals surface area contributed by atoms with Gasteiger partial charge in [0.25, 0.3) is 5.56 Å². The molecule has 1 aromatic rings. The molecule has 0 spiro atoms. The molecule has 0 aromatic carbocycles. The summed E-state index contributed by atoms with van der Waals surface area (Å²) < 4.78 is 7.33. The lowest BCUT2D eigenvalue weighted by Crippen LogP contribution is -2.65. The maximum atomic E-state index is 14.5. The molecule has 248 valence electrons. The molecule has 1 N–H and O–H groups in total. The van der Waals surface area contributed by atoms with Crippen molar-refractivity contribution in [3.05, 3.63) is 44.8 Å². The Bertz CT molecular complexity index is 1530. The Morgan fingerprint density at radius 1 is 0.933 bits per heavy atom. The van der Waals surface area contributed by atoms with Gasteiger partial charge < -0.3 is 4.74 Å². The summed E-state index contributed by atoms with van der Waals surface area (Å²) in [6.45, 7) is 19.0. The average molecular weight is 621 g/mol. The van der Waals surface area contributed by atoms with Crippen LogP contribution in [0.3, 0.4) is 0 Å². The number of hydrogen-bond donors (Lipinski definition) is 1. The molecule has 1 aromatic heterocycles. The Labute approximate surface area is 269 Å². The van der Waals surface area contributed by atoms with Crippen molar-refractivity contribution in [1.82, 2.24) is 9.55 Å². The van der Waals surface area contributed by atoms with Crippen LogP contribution in [0.5, 0.6) is 0 Å². The van der Waals surface area contributed by atoms with Gasteiger partial charge in [0.15, 0.2) is 0 Å². The van der Waals surface area contributed by atoms with Crippen LogP contribution in [0.1, 0.15) is 137 Å². The van der Waals surface area contributed by atoms with Gasteiger partial charge in [-0.25, -0.2) is 9.36 Å². The maximum absolute atomic E-state index is 14.5. The predicted octanol–water partition coefficient (Wildman–Crippen LogP) is 7.69. The largest absolute Gasteiger partial charge is 0.462 e. The molecule has 0 aliphatic heterocycles. The summed E-state index contributed by atoms with van der Waals surface area (Å²) in [5.74, 6) is 0.843. The van der Waals surface area contributed by atoms with Gasteiger partial charge in [0, 0.05) is 24.1 Å². The highest BCUT2D eigenvalue weighted by atomic mass is 16.5. The predicted molar refractivity (Wildman–Crippen MR) is 176 cm³/mol. The summed E-state index contributed by atoms with van der Waals surface area (Å²) in [6, 6.07) is 1.29. The minimum atomic E-state index is -0.643. The number of carbonyl (C=O) groups excluding carboxylic acids is 2. The number of carbonyl (C=O) groups is 2. The number of nitrogens with one attached hydrogen (secondary N) is 1. The number of nitrogens with zero attached hydrogens (tertiary/aromatic N) is 1. The molecule has 4 fully saturated rings. The van der Waals surface area contributed by atoms with E-state index >= 15 is 0 Å². The number of esters is 1. The molecule has 4 saturated carbocycles. The van der Waals surface area contributed by atoms with Crippen LogP contribution in [-0.2, 0) is 9.53 Å². The van der Waals surface area contributed by atoms with E-state index in [0.29, 0.717) is 18.3 Å². The summed E-state index contributed by atoms with van der Waals surface area (Å²) in [5.41, 5.74) is -0.122. The number of aromatic amines is 1. The van der Waals surface area contributed by atoms with Gasteiger partial charge >= 0.3 is 11.7 Å². The zero-order chi connectivity index (χ0) is 32.8. The van der Waals surface area contributed by atoms with Crippen LogP contribution in [0.4, 0.5) is 0 Å². The van der Waals surface area contributed by atoms with E-state index < -0.39 is 16.7 Å². The van der Waals surface area contributed by atoms with Gasteiger partial charge in [-0.1, -0.05) is 67.0 Å². The minimum absolute atomic E-state index is 0.0358. The van der Waals surface area contributed by atoms with E-state index in [4.69, 9.17) is 4.74 Å². The van der Waals surface area contributed by atoms with Crippen molar-refractivity contribution in [1.29, 1.82) is 0 Å². The van der Waals surface area contributed by atoms with Crippen molar-refractivity contribution in [2.45, 2.75) is 139 Å². The molecule has 0 amide bonds. The van der Waals surface area contributed by atoms with Crippen molar-refractivity contribution < 1.29 is 14.3 Å². The first-order chi connectivity index (χ1) is 20.9. The van der Waals surface area contributed by atoms with Crippen LogP contribution in [0, 0.1) is 50.2 Å². The lowest BCUT2D eigenvalue weighted by atomic mass is 9.33. The van der Waals surface area contributed by atoms with E-state index in [9.17, 15) is 19.2 Å². The summed E-state index contributed by atoms with van der Waals surface area (Å²) in [6.07, 6.45) is 14.7. The molecule has 0 saturated heterocycles. The molecule has 7 heteroatoms. The van der Waals surface area contributed by atoms with E-state index in [1.807, 2.05) is 6.92 Å². The Morgan fingerprint density at radius 3 is 2.33 bits per heavy atom. The number of hydrogen-bond acceptors (Lipinski definition) is 5. The van der Waals surface area contributed by atoms with Crippen LogP contribution in [0.2, 0.25) is 0 Å². The first kappa shape index (κ1) is 32.5. The van der Waals surface area contributed by atoms with E-state index in [-0.39, 0.29) is 51.0 Å². The highest BCUT2D eigenvalue weighted by Crippen LogP contribution is 2.76. The van der Waals surface area contributed by atoms with Gasteiger partial charge in [0.05, 0.1) is 5.41 Å². The second-order valence-electron chi connectivity index (χ2n) is 17.7. The topological polar surface area (TPSA) is 98.2 Å². The van der Waals surface area contributed by atoms with Crippen molar-refractivity contribution in [2.24, 2.45) is 50.2 Å². The monoisotopic (exact) mass is 620 g/mol. The molecule has 8 atom stereocenters. The third kappa shape index (κ3) is 4.63. The fraction of sp³-hybridized carbons (Fsp3) is 0.789. The van der Waals surface area contributed by atoms with Crippen LogP contribution in [-0.4, -0.2) is 27.5 Å². The molecule has 0 radical (unpaired) electrons. The van der Waals surface area contributed by atoms with E-state index in [1.165, 1.54) is 22.4 Å². The van der Waals surface area contributed by atoms with Crippen molar-refractivity contribution in [2.75, 3.05) is 0 Å². The standard InChI is InChI=1S/C38H56N2O5/c1-9-10-30(42)45-28-14-16-35(6)26(34(28,4)5)13-17-37(8)27(35)12-11-24-25-23-33(2,3)18-20-38(25,21-19-36(24,37)7)31(43)40-22-15-29(41)39-32(40)44/h11,15,22,25-28H,9-10,12-14,16-21,23H2,1-8H3,(H,39,41,44)/t25-,26?,27?,28-,35-,36+,37+,38-/m0/s1. The highest BCUT2D eigenvalue weighted by molar-refractivity contribution is 5.86. The average Bonchev–Trinajstić information content (AvgIpc) is 2.94. The Morgan fingerprint density at radius 2 is 1.64 bits per heavy atom. The van der Waals surface area contributed by atoms with E-state index in [2.05, 4.69) is 59.5 Å². The van der Waals surface area contributed by atoms with Gasteiger partial charge in [-0.15, -0.1) is 0 Å². The van der Waals surface area contributed by atoms with E-state index in [1.54, 1.807) is 0 Å². The third-order valence-electron chi connectivity index (χ3n) is 14.8. The molecule has 0 bridgehead atoms. The lowest BCUT2D eigenvalue weighted by molar-refractivity contribution is -0.212. The van der Waals surface area contributed by atoms with Crippen molar-refractivity contribution in [3.63, 3.8) is 0 Å². The third-order valence-corrected chi connectivity index (χ3v) is 14.8. The lowest BCUT2D eigenvalue weighted by Gasteiger charge is -2.71. The summed E-state index contributed by atoms with van der Waals surface area (Å²) in [5, 5.41) is 0. The van der Waals surface area contributed by atoms with Crippen LogP contribution in [0.25, 0.3) is 0 Å². The Hall–Kier alpha value is -2.44. The number of aromatic nitrogens is 2. The number of fused-ring (bicyclic) bond motifs is 7. The molecule has 7 nitrogen and oxygen atoms in total. The van der Waals surface area contributed by atoms with Crippen LogP contribution < -0.4 is 11.2 Å². The van der Waals surface area contributed by atoms with Gasteiger partial charge in [0.2, 0.25) is 5.91 Å². The molecule has 2 unspecified atom stereocenters. The number of H-pyrrole nitrogens is 1. The first-order valence-electron chi connectivity index (χ1n) is 17.7. The smallest absolute Gasteiger partial charge is 0.335 e. The van der Waals surface area contributed by atoms with Crippen LogP contribution in [0.15, 0.2) is 33.5 Å². The zero-order valence-electron chi connectivity index (χ0n) is 29.0. The van der Waals surface area contributed by atoms with E-state index in [0.717, 1.165) is 70.6 Å². The fourth-order valence-corrected chi connectivity index (χ4v) is 12.1. The molecule has 45 heavy (non-hydrogen) atoms. The van der Waals surface area contributed by atoms with Gasteiger partial charge in [-0.05, 0) is 110 Å². The zero-order valence-corrected chi connectivity index (χ0v) is 29.0. The molecule has 6 rings (SSSR count). The second kappa shape index (κ2) is 10.5. The maximum Gasteiger partial charge on any atom is 0.335 e. The number of allylic oxidation sites excluding steroid dienone is 2. The van der Waals surface area contributed by atoms with Gasteiger partial charge in [-0.3, -0.25) is 19.4 Å². The van der Waals surface area contributed by atoms with Gasteiger partial charge in [0.1, 0.15) is 6.10 Å². The molecule has 5 aliphatic carbocycles. The fourth-order valence-electron chi connectivity index (χ4n) is 12.1. The minimum Gasteiger partial charge on any atom is -0.462 e. The summed E-state index contributed by atoms with van der Waals surface area (Å²) in [4.78, 5) is 54.1. The summed E-state index contributed by atoms with van der Waals surface area (Å²) in [7, 11) is 0. The van der Waals surface area contributed by atoms with Crippen LogP contribution >= 0.6 is 0 Å². The van der Waals surface area contributed by atoms with Crippen molar-refractivity contribution >= 4 is 11.9 Å². The highest BCUT2D eigenvalue weighted by Gasteiger charge is 2.69. The van der Waals surface area contributed by atoms with Crippen molar-refractivity contribution in [3.8, 4) is 0 Å². The first-order valence-corrected chi connectivity index (χ1v) is 17.7. The summed E-state index contributed by atoms with van der Waals surface area (Å²) >= 11 is 0. The quantitative estimate of drug-likeness (QED) is 0.275. The van der Waals surface area contributed by atoms with Gasteiger partial charge in [-0.2, -0.15) is 0 Å². The number of rotatable bonds is 4. The molecule has 1 heterocycles. The number of ether oxygens (including phenoxy) is 1. The second-order valence-corrected chi connectivity index (χ2v) is 17.7. The Kier molecular flexibility index (Phi) is 7.61. The Balaban J connectivity index is 1.38. The molecule has 5 aliphatic rings. The SMILES string of the molecule is CCCC(=O)O[C@H]1CC[C@@]2(C)C(CC[C@]3(C)C2CC=C2[C@@H]4CC(C)(C)CC[C@]4(C(=O)n4ccc(=O)[nH]c4=O)CC[C@]23C)C1(C)C. The molecular weight excluding hydrogens is 564 g/mol. The molecular formula is C38H56N2O5. The normalized spacial score (nSPS) is 41.4.